The van der Waals surface area contributed by atoms with Crippen LogP contribution in [0.4, 0.5) is 10.1 Å². The highest BCUT2D eigenvalue weighted by Crippen LogP contribution is 2.21. The number of nitrogens with one attached hydrogen (secondary N) is 1. The number of ether oxygens (including phenoxy) is 1. The van der Waals surface area contributed by atoms with Gasteiger partial charge in [0.05, 0.1) is 7.11 Å². The van der Waals surface area contributed by atoms with Crippen LogP contribution in [-0.4, -0.2) is 7.11 Å². The summed E-state index contributed by atoms with van der Waals surface area (Å²) in [4.78, 5) is 0. The predicted molar refractivity (Wildman–Crippen MR) is 79.2 cm³/mol. The van der Waals surface area contributed by atoms with Crippen LogP contribution in [0.5, 0.6) is 5.75 Å². The van der Waals surface area contributed by atoms with E-state index in [1.165, 1.54) is 13.2 Å². The Morgan fingerprint density at radius 2 is 2.00 bits per heavy atom. The molecule has 2 nitrogen and oxygen atoms in total. The van der Waals surface area contributed by atoms with Crippen LogP contribution in [0.25, 0.3) is 0 Å². The van der Waals surface area contributed by atoms with Crippen LogP contribution in [0.2, 0.25) is 0 Å². The van der Waals surface area contributed by atoms with Gasteiger partial charge in [-0.25, -0.2) is 4.39 Å². The number of benzene rings is 2. The van der Waals surface area contributed by atoms with E-state index in [0.29, 0.717) is 6.54 Å². The average Bonchev–Trinajstić information content (AvgIpc) is 2.35. The second-order valence-electron chi connectivity index (χ2n) is 4.34. The van der Waals surface area contributed by atoms with Crippen molar-refractivity contribution in [3.8, 4) is 5.75 Å². The maximum Gasteiger partial charge on any atom is 0.165 e. The summed E-state index contributed by atoms with van der Waals surface area (Å²) in [6.07, 6.45) is 0. The van der Waals surface area contributed by atoms with Crippen LogP contribution in [-0.2, 0) is 6.54 Å². The normalized spacial score (nSPS) is 10.3. The first-order valence-electron chi connectivity index (χ1n) is 5.92. The third-order valence-corrected chi connectivity index (χ3v) is 3.21. The first kappa shape index (κ1) is 13.9. The van der Waals surface area contributed by atoms with Crippen molar-refractivity contribution in [2.75, 3.05) is 12.4 Å². The zero-order valence-corrected chi connectivity index (χ0v) is 12.4. The molecule has 0 spiro atoms. The molecule has 0 aliphatic carbocycles. The molecule has 0 radical (unpaired) electrons. The molecule has 0 aliphatic heterocycles. The Bertz CT molecular complexity index is 566. The van der Waals surface area contributed by atoms with E-state index in [0.717, 1.165) is 21.3 Å². The Balaban J connectivity index is 2.08. The van der Waals surface area contributed by atoms with E-state index in [2.05, 4.69) is 21.2 Å². The SMILES string of the molecule is COc1ccc(CNc2cc(C)cc(Br)c2)cc1F. The maximum absolute atomic E-state index is 13.5. The largest absolute Gasteiger partial charge is 0.494 e. The zero-order chi connectivity index (χ0) is 13.8. The van der Waals surface area contributed by atoms with Crippen molar-refractivity contribution in [1.29, 1.82) is 0 Å². The highest BCUT2D eigenvalue weighted by Gasteiger charge is 2.03. The molecule has 0 bridgehead atoms. The number of rotatable bonds is 4. The monoisotopic (exact) mass is 323 g/mol. The molecular formula is C15H15BrFNO. The van der Waals surface area contributed by atoms with Crippen molar-refractivity contribution in [3.63, 3.8) is 0 Å². The number of methoxy groups -OCH3 is 1. The van der Waals surface area contributed by atoms with Gasteiger partial charge in [-0.05, 0) is 48.4 Å². The van der Waals surface area contributed by atoms with Crippen molar-refractivity contribution in [3.05, 3.63) is 57.8 Å². The minimum absolute atomic E-state index is 0.266. The molecule has 0 amide bonds. The summed E-state index contributed by atoms with van der Waals surface area (Å²) in [5.41, 5.74) is 3.04. The summed E-state index contributed by atoms with van der Waals surface area (Å²) in [5.74, 6) is -0.0747. The smallest absolute Gasteiger partial charge is 0.165 e. The first-order chi connectivity index (χ1) is 9.08. The zero-order valence-electron chi connectivity index (χ0n) is 10.8. The molecule has 0 atom stereocenters. The standard InChI is InChI=1S/C15H15BrFNO/c1-10-5-12(16)8-13(6-10)18-9-11-3-4-15(19-2)14(17)7-11/h3-8,18H,9H2,1-2H3. The third kappa shape index (κ3) is 3.70. The second-order valence-corrected chi connectivity index (χ2v) is 5.26. The lowest BCUT2D eigenvalue weighted by atomic mass is 10.2. The van der Waals surface area contributed by atoms with Gasteiger partial charge in [-0.3, -0.25) is 0 Å². The number of aryl methyl sites for hydroxylation is 1. The Labute approximate surface area is 120 Å². The van der Waals surface area contributed by atoms with Gasteiger partial charge in [-0.15, -0.1) is 0 Å². The molecule has 0 fully saturated rings. The van der Waals surface area contributed by atoms with Crippen LogP contribution in [0.3, 0.4) is 0 Å². The first-order valence-corrected chi connectivity index (χ1v) is 6.71. The van der Waals surface area contributed by atoms with E-state index in [1.54, 1.807) is 6.07 Å². The molecule has 4 heteroatoms. The fraction of sp³-hybridized carbons (Fsp3) is 0.200. The minimum atomic E-state index is -0.341. The number of hydrogen-bond donors (Lipinski definition) is 1. The van der Waals surface area contributed by atoms with E-state index in [9.17, 15) is 4.39 Å². The predicted octanol–water partition coefficient (Wildman–Crippen LogP) is 4.52. The molecule has 2 aromatic rings. The van der Waals surface area contributed by atoms with Gasteiger partial charge in [0.2, 0.25) is 0 Å². The quantitative estimate of drug-likeness (QED) is 0.893. The lowest BCUT2D eigenvalue weighted by Crippen LogP contribution is -2.00. The number of halogens is 2. The highest BCUT2D eigenvalue weighted by molar-refractivity contribution is 9.10. The van der Waals surface area contributed by atoms with Gasteiger partial charge in [0.25, 0.3) is 0 Å². The second kappa shape index (κ2) is 6.06. The van der Waals surface area contributed by atoms with Gasteiger partial charge >= 0.3 is 0 Å². The Hall–Kier alpha value is -1.55. The summed E-state index contributed by atoms with van der Waals surface area (Å²) < 4.78 is 19.5. The van der Waals surface area contributed by atoms with Gasteiger partial charge in [-0.1, -0.05) is 22.0 Å². The Kier molecular flexibility index (Phi) is 4.43. The molecule has 0 aromatic heterocycles. The summed E-state index contributed by atoms with van der Waals surface area (Å²) in [6, 6.07) is 11.0. The molecule has 1 N–H and O–H groups in total. The number of anilines is 1. The molecule has 0 aliphatic rings. The molecule has 2 rings (SSSR count). The molecule has 19 heavy (non-hydrogen) atoms. The molecule has 0 saturated heterocycles. The maximum atomic E-state index is 13.5. The van der Waals surface area contributed by atoms with Gasteiger partial charge in [0.15, 0.2) is 11.6 Å². The van der Waals surface area contributed by atoms with Crippen molar-refractivity contribution in [2.24, 2.45) is 0 Å². The van der Waals surface area contributed by atoms with Gasteiger partial charge in [-0.2, -0.15) is 0 Å². The average molecular weight is 324 g/mol. The van der Waals surface area contributed by atoms with E-state index in [4.69, 9.17) is 4.74 Å². The van der Waals surface area contributed by atoms with Gasteiger partial charge < -0.3 is 10.1 Å². The van der Waals surface area contributed by atoms with E-state index >= 15 is 0 Å². The van der Waals surface area contributed by atoms with E-state index in [-0.39, 0.29) is 11.6 Å². The van der Waals surface area contributed by atoms with E-state index in [1.807, 2.05) is 31.2 Å². The lowest BCUT2D eigenvalue weighted by molar-refractivity contribution is 0.386. The van der Waals surface area contributed by atoms with Crippen molar-refractivity contribution >= 4 is 21.6 Å². The van der Waals surface area contributed by atoms with E-state index < -0.39 is 0 Å². The number of hydrogen-bond acceptors (Lipinski definition) is 2. The van der Waals surface area contributed by atoms with Crippen molar-refractivity contribution in [1.82, 2.24) is 0 Å². The van der Waals surface area contributed by atoms with Crippen molar-refractivity contribution < 1.29 is 9.13 Å². The van der Waals surface area contributed by atoms with Gasteiger partial charge in [0, 0.05) is 16.7 Å². The minimum Gasteiger partial charge on any atom is -0.494 e. The van der Waals surface area contributed by atoms with Crippen LogP contribution in [0.15, 0.2) is 40.9 Å². The van der Waals surface area contributed by atoms with Crippen LogP contribution >= 0.6 is 15.9 Å². The summed E-state index contributed by atoms with van der Waals surface area (Å²) in [6.45, 7) is 2.60. The summed E-state index contributed by atoms with van der Waals surface area (Å²) >= 11 is 3.45. The molecule has 0 heterocycles. The fourth-order valence-electron chi connectivity index (χ4n) is 1.86. The van der Waals surface area contributed by atoms with Crippen LogP contribution < -0.4 is 10.1 Å². The van der Waals surface area contributed by atoms with Crippen LogP contribution in [0, 0.1) is 12.7 Å². The van der Waals surface area contributed by atoms with Crippen molar-refractivity contribution in [2.45, 2.75) is 13.5 Å². The molecule has 0 saturated carbocycles. The Morgan fingerprint density at radius 3 is 2.63 bits per heavy atom. The third-order valence-electron chi connectivity index (χ3n) is 2.75. The lowest BCUT2D eigenvalue weighted by Gasteiger charge is -2.09. The molecule has 100 valence electrons. The van der Waals surface area contributed by atoms with Gasteiger partial charge in [0.1, 0.15) is 0 Å². The summed E-state index contributed by atoms with van der Waals surface area (Å²) in [5, 5.41) is 3.27. The fourth-order valence-corrected chi connectivity index (χ4v) is 2.47. The molecule has 2 aromatic carbocycles. The molecule has 0 unspecified atom stereocenters. The topological polar surface area (TPSA) is 21.3 Å². The van der Waals surface area contributed by atoms with Crippen LogP contribution in [0.1, 0.15) is 11.1 Å². The summed E-state index contributed by atoms with van der Waals surface area (Å²) in [7, 11) is 1.46. The Morgan fingerprint density at radius 1 is 1.21 bits per heavy atom. The highest BCUT2D eigenvalue weighted by atomic mass is 79.9. The molecular weight excluding hydrogens is 309 g/mol.